The number of aromatic nitrogens is 3. The Kier molecular flexibility index (Phi) is 7.58. The third kappa shape index (κ3) is 4.74. The molecule has 0 aliphatic heterocycles. The zero-order valence-corrected chi connectivity index (χ0v) is 23.7. The van der Waals surface area contributed by atoms with Gasteiger partial charge >= 0.3 is 5.95 Å². The fraction of sp³-hybridized carbons (Fsp3) is 0.536. The highest BCUT2D eigenvalue weighted by atomic mass is 33.1. The van der Waals surface area contributed by atoms with Crippen molar-refractivity contribution in [3.63, 3.8) is 0 Å². The van der Waals surface area contributed by atoms with Gasteiger partial charge < -0.3 is 4.74 Å². The second kappa shape index (κ2) is 10.2. The Morgan fingerprint density at radius 3 is 2.46 bits per heavy atom. The number of hydrogen-bond donors (Lipinski definition) is 1. The van der Waals surface area contributed by atoms with E-state index >= 15 is 0 Å². The molecule has 0 unspecified atom stereocenters. The van der Waals surface area contributed by atoms with Gasteiger partial charge in [0, 0.05) is 28.2 Å². The number of carbonyl (C=O) groups is 1. The smallest absolute Gasteiger partial charge is 0.402 e. The molecule has 0 saturated carbocycles. The number of unbranched alkanes of at least 4 members (excludes halogenated alkanes) is 3. The Balaban J connectivity index is 1.67. The van der Waals surface area contributed by atoms with Gasteiger partial charge in [-0.2, -0.15) is 0 Å². The maximum absolute atomic E-state index is 13.1. The molecule has 3 aromatic rings. The van der Waals surface area contributed by atoms with Gasteiger partial charge in [-0.1, -0.05) is 52.8 Å². The summed E-state index contributed by atoms with van der Waals surface area (Å²) in [6, 6.07) is 6.24. The number of Topliss-reactive ketones (excluding diaryl/α,β-unsaturated/α-hetero) is 1. The van der Waals surface area contributed by atoms with E-state index in [1.807, 2.05) is 61.5 Å². The summed E-state index contributed by atoms with van der Waals surface area (Å²) in [7, 11) is 5.56. The molecule has 7 heteroatoms. The standard InChI is InChI=1S/C28H38N3O2S2/c1-8-9-10-11-14-34-35-17-23-18(2)24(33-7)12-13-31(23)26-29-21-15-19-20(16-22(21)30-26)28(5,6)25(32)27(19,3)4/h12-13,15-16H,8-11,14,17H2,1-7H3,(H,29,30)/q+1. The first-order chi connectivity index (χ1) is 16.6. The fourth-order valence-electron chi connectivity index (χ4n) is 5.24. The van der Waals surface area contributed by atoms with Crippen molar-refractivity contribution in [1.29, 1.82) is 0 Å². The highest BCUT2D eigenvalue weighted by Crippen LogP contribution is 2.47. The summed E-state index contributed by atoms with van der Waals surface area (Å²) >= 11 is 0. The van der Waals surface area contributed by atoms with Gasteiger partial charge in [0.15, 0.2) is 11.3 Å². The zero-order chi connectivity index (χ0) is 25.4. The maximum atomic E-state index is 13.1. The third-order valence-electron chi connectivity index (χ3n) is 7.37. The molecule has 1 aliphatic rings. The Hall–Kier alpha value is -1.99. The highest BCUT2D eigenvalue weighted by molar-refractivity contribution is 8.76. The molecule has 0 amide bonds. The summed E-state index contributed by atoms with van der Waals surface area (Å²) in [5, 5.41) is 0. The highest BCUT2D eigenvalue weighted by Gasteiger charge is 2.50. The molecule has 0 atom stereocenters. The number of imidazole rings is 1. The minimum Gasteiger partial charge on any atom is -0.496 e. The van der Waals surface area contributed by atoms with Crippen LogP contribution in [0, 0.1) is 6.92 Å². The van der Waals surface area contributed by atoms with E-state index in [2.05, 4.69) is 35.5 Å². The van der Waals surface area contributed by atoms with Crippen molar-refractivity contribution in [1.82, 2.24) is 9.97 Å². The first-order valence-corrected chi connectivity index (χ1v) is 15.0. The average molecular weight is 513 g/mol. The molecule has 1 aromatic carbocycles. The van der Waals surface area contributed by atoms with Crippen molar-refractivity contribution in [2.24, 2.45) is 0 Å². The van der Waals surface area contributed by atoms with Crippen LogP contribution in [0.5, 0.6) is 5.75 Å². The van der Waals surface area contributed by atoms with E-state index in [4.69, 9.17) is 9.72 Å². The van der Waals surface area contributed by atoms with Gasteiger partial charge in [-0.3, -0.25) is 4.79 Å². The topological polar surface area (TPSA) is 58.9 Å². The van der Waals surface area contributed by atoms with Crippen LogP contribution < -0.4 is 9.30 Å². The van der Waals surface area contributed by atoms with E-state index in [1.54, 1.807) is 7.11 Å². The number of rotatable bonds is 10. The number of hydrogen-bond acceptors (Lipinski definition) is 5. The fourth-order valence-corrected chi connectivity index (χ4v) is 7.52. The van der Waals surface area contributed by atoms with Crippen molar-refractivity contribution in [2.75, 3.05) is 12.9 Å². The van der Waals surface area contributed by atoms with Crippen LogP contribution in [0.3, 0.4) is 0 Å². The number of fused-ring (bicyclic) bond motifs is 2. The Morgan fingerprint density at radius 2 is 1.77 bits per heavy atom. The summed E-state index contributed by atoms with van der Waals surface area (Å²) in [5.74, 6) is 3.99. The molecule has 5 nitrogen and oxygen atoms in total. The number of ketones is 1. The number of benzene rings is 1. The van der Waals surface area contributed by atoms with Crippen molar-refractivity contribution in [3.05, 3.63) is 46.8 Å². The van der Waals surface area contributed by atoms with E-state index in [0.717, 1.165) is 45.2 Å². The van der Waals surface area contributed by atoms with Crippen molar-refractivity contribution in [2.45, 2.75) is 83.8 Å². The van der Waals surface area contributed by atoms with Gasteiger partial charge in [-0.25, -0.2) is 9.55 Å². The average Bonchev–Trinajstić information content (AvgIpc) is 3.30. The molecule has 0 fully saturated rings. The summed E-state index contributed by atoms with van der Waals surface area (Å²) in [6.45, 7) is 12.5. The van der Waals surface area contributed by atoms with Crippen LogP contribution in [-0.2, 0) is 21.4 Å². The van der Waals surface area contributed by atoms with Crippen LogP contribution in [0.1, 0.15) is 82.7 Å². The number of ether oxygens (including phenoxy) is 1. The van der Waals surface area contributed by atoms with E-state index in [9.17, 15) is 4.79 Å². The number of nitrogens with zero attached hydrogens (tertiary/aromatic N) is 2. The van der Waals surface area contributed by atoms with Crippen LogP contribution in [0.4, 0.5) is 0 Å². The summed E-state index contributed by atoms with van der Waals surface area (Å²) in [5.41, 5.74) is 5.34. The number of pyridine rings is 1. The Bertz CT molecular complexity index is 1190. The summed E-state index contributed by atoms with van der Waals surface area (Å²) in [4.78, 5) is 21.6. The molecule has 0 bridgehead atoms. The first-order valence-electron chi connectivity index (χ1n) is 12.6. The van der Waals surface area contributed by atoms with Crippen LogP contribution in [0.15, 0.2) is 24.4 Å². The van der Waals surface area contributed by atoms with Crippen LogP contribution in [0.25, 0.3) is 17.0 Å². The van der Waals surface area contributed by atoms with Gasteiger partial charge in [-0.15, -0.1) is 0 Å². The Labute approximate surface area is 217 Å². The van der Waals surface area contributed by atoms with Gasteiger partial charge in [0.1, 0.15) is 17.0 Å². The predicted octanol–water partition coefficient (Wildman–Crippen LogP) is 6.76. The third-order valence-corrected chi connectivity index (χ3v) is 9.73. The van der Waals surface area contributed by atoms with Crippen molar-refractivity contribution >= 4 is 38.4 Å². The number of H-pyrrole nitrogens is 1. The van der Waals surface area contributed by atoms with E-state index in [0.29, 0.717) is 0 Å². The summed E-state index contributed by atoms with van der Waals surface area (Å²) < 4.78 is 7.77. The largest absolute Gasteiger partial charge is 0.496 e. The van der Waals surface area contributed by atoms with E-state index in [-0.39, 0.29) is 5.78 Å². The lowest BCUT2D eigenvalue weighted by Crippen LogP contribution is -2.37. The van der Waals surface area contributed by atoms with Crippen LogP contribution >= 0.6 is 21.6 Å². The lowest BCUT2D eigenvalue weighted by atomic mass is 9.80. The Morgan fingerprint density at radius 1 is 1.06 bits per heavy atom. The molecule has 188 valence electrons. The number of nitrogens with one attached hydrogen (secondary N) is 1. The number of aromatic amines is 1. The van der Waals surface area contributed by atoms with Crippen molar-refractivity contribution in [3.8, 4) is 11.7 Å². The molecule has 0 spiro atoms. The molecule has 0 saturated heterocycles. The molecule has 2 heterocycles. The maximum Gasteiger partial charge on any atom is 0.402 e. The second-order valence-electron chi connectivity index (χ2n) is 10.5. The van der Waals surface area contributed by atoms with Crippen LogP contribution in [-0.4, -0.2) is 28.6 Å². The number of carbonyl (C=O) groups excluding carboxylic acids is 1. The second-order valence-corrected chi connectivity index (χ2v) is 13.1. The van der Waals surface area contributed by atoms with Gasteiger partial charge in [0.05, 0.1) is 19.1 Å². The van der Waals surface area contributed by atoms with Crippen molar-refractivity contribution < 1.29 is 14.1 Å². The quantitative estimate of drug-likeness (QED) is 0.185. The molecular formula is C28H38N3O2S2+. The molecule has 2 aromatic heterocycles. The zero-order valence-electron chi connectivity index (χ0n) is 22.1. The van der Waals surface area contributed by atoms with E-state index in [1.165, 1.54) is 37.1 Å². The minimum absolute atomic E-state index is 0.263. The molecule has 4 rings (SSSR count). The van der Waals surface area contributed by atoms with Crippen LogP contribution in [0.2, 0.25) is 0 Å². The number of methoxy groups -OCH3 is 1. The first kappa shape index (κ1) is 26.1. The van der Waals surface area contributed by atoms with Gasteiger partial charge in [0.25, 0.3) is 0 Å². The lowest BCUT2D eigenvalue weighted by Gasteiger charge is -2.21. The monoisotopic (exact) mass is 512 g/mol. The lowest BCUT2D eigenvalue weighted by molar-refractivity contribution is -0.610. The molecule has 1 N–H and O–H groups in total. The van der Waals surface area contributed by atoms with Gasteiger partial charge in [0.2, 0.25) is 0 Å². The summed E-state index contributed by atoms with van der Waals surface area (Å²) in [6.07, 6.45) is 7.21. The molecular weight excluding hydrogens is 474 g/mol. The normalized spacial score (nSPS) is 16.1. The van der Waals surface area contributed by atoms with E-state index < -0.39 is 10.8 Å². The molecule has 1 aliphatic carbocycles. The predicted molar refractivity (Wildman–Crippen MR) is 148 cm³/mol. The minimum atomic E-state index is -0.508. The molecule has 35 heavy (non-hydrogen) atoms. The van der Waals surface area contributed by atoms with Gasteiger partial charge in [-0.05, 0) is 64.3 Å². The SMILES string of the molecule is CCCCCCSSCc1c(C)c(OC)cc[n+]1-c1nc2cc3c(cc2[nH]1)C(C)(C)C(=O)C3(C)C. The molecule has 0 radical (unpaired) electrons.